The minimum atomic E-state index is -4.42. The lowest BCUT2D eigenvalue weighted by Gasteiger charge is -2.15. The molecule has 0 spiro atoms. The molecule has 114 valence electrons. The molecule has 0 saturated heterocycles. The SMILES string of the molecule is CCc1c2cc3ccccc3c(C(F)(F)F)c2c(C)n[n+]1C. The van der Waals surface area contributed by atoms with E-state index in [0.717, 1.165) is 5.69 Å². The first-order chi connectivity index (χ1) is 10.3. The van der Waals surface area contributed by atoms with E-state index < -0.39 is 11.7 Å². The predicted octanol–water partition coefficient (Wildman–Crippen LogP) is 4.10. The summed E-state index contributed by atoms with van der Waals surface area (Å²) in [6, 6.07) is 8.48. The van der Waals surface area contributed by atoms with E-state index in [2.05, 4.69) is 5.10 Å². The smallest absolute Gasteiger partial charge is 0.166 e. The number of aromatic nitrogens is 2. The molecular formula is C17H16F3N2+. The molecule has 0 bridgehead atoms. The molecule has 0 unspecified atom stereocenters. The number of alkyl halides is 3. The number of nitrogens with zero attached hydrogens (tertiary/aromatic N) is 2. The summed E-state index contributed by atoms with van der Waals surface area (Å²) in [6.45, 7) is 3.56. The number of hydrogen-bond acceptors (Lipinski definition) is 1. The van der Waals surface area contributed by atoms with Crippen LogP contribution < -0.4 is 4.68 Å². The number of hydrogen-bond donors (Lipinski definition) is 0. The molecule has 3 rings (SSSR count). The quantitative estimate of drug-likeness (QED) is 0.488. The van der Waals surface area contributed by atoms with Crippen LogP contribution in [0.2, 0.25) is 0 Å². The minimum absolute atomic E-state index is 0.209. The van der Waals surface area contributed by atoms with E-state index in [1.165, 1.54) is 6.07 Å². The summed E-state index contributed by atoms with van der Waals surface area (Å²) in [5, 5.41) is 5.93. The summed E-state index contributed by atoms with van der Waals surface area (Å²) in [5.74, 6) is 0. The minimum Gasteiger partial charge on any atom is -0.166 e. The van der Waals surface area contributed by atoms with Gasteiger partial charge in [-0.1, -0.05) is 35.9 Å². The zero-order valence-corrected chi connectivity index (χ0v) is 12.6. The first-order valence-electron chi connectivity index (χ1n) is 7.13. The Hall–Kier alpha value is -2.17. The van der Waals surface area contributed by atoms with Gasteiger partial charge in [0, 0.05) is 11.8 Å². The van der Waals surface area contributed by atoms with Crippen molar-refractivity contribution in [1.82, 2.24) is 5.10 Å². The monoisotopic (exact) mass is 305 g/mol. The van der Waals surface area contributed by atoms with Crippen molar-refractivity contribution in [3.8, 4) is 0 Å². The fourth-order valence-electron chi connectivity index (χ4n) is 3.17. The maximum Gasteiger partial charge on any atom is 0.417 e. The standard InChI is InChI=1S/C17H16F3N2/c1-4-14-13-9-11-7-5-6-8-12(11)16(17(18,19)20)15(13)10(2)21-22(14)3/h5-9H,4H2,1-3H3/q+1. The first kappa shape index (κ1) is 14.8. The summed E-state index contributed by atoms with van der Waals surface area (Å²) in [6.07, 6.45) is -3.80. The Morgan fingerprint density at radius 3 is 2.45 bits per heavy atom. The van der Waals surface area contributed by atoms with Crippen molar-refractivity contribution in [3.63, 3.8) is 0 Å². The summed E-state index contributed by atoms with van der Waals surface area (Å²) < 4.78 is 42.9. The van der Waals surface area contributed by atoms with Crippen molar-refractivity contribution >= 4 is 21.5 Å². The molecule has 0 fully saturated rings. The lowest BCUT2D eigenvalue weighted by atomic mass is 9.94. The highest BCUT2D eigenvalue weighted by Gasteiger charge is 2.37. The van der Waals surface area contributed by atoms with Gasteiger partial charge in [-0.15, -0.1) is 0 Å². The van der Waals surface area contributed by atoms with Crippen molar-refractivity contribution in [2.75, 3.05) is 0 Å². The van der Waals surface area contributed by atoms with Gasteiger partial charge in [-0.25, -0.2) is 0 Å². The average molecular weight is 305 g/mol. The van der Waals surface area contributed by atoms with Crippen LogP contribution in [0, 0.1) is 6.92 Å². The molecule has 3 aromatic rings. The zero-order valence-electron chi connectivity index (χ0n) is 12.6. The third kappa shape index (κ3) is 2.12. The van der Waals surface area contributed by atoms with Crippen molar-refractivity contribution < 1.29 is 17.9 Å². The Morgan fingerprint density at radius 1 is 1.14 bits per heavy atom. The van der Waals surface area contributed by atoms with Gasteiger partial charge in [0.2, 0.25) is 5.69 Å². The first-order valence-corrected chi connectivity index (χ1v) is 7.13. The molecule has 0 saturated carbocycles. The fraction of sp³-hybridized carbons (Fsp3) is 0.294. The van der Waals surface area contributed by atoms with Gasteiger partial charge in [0.15, 0.2) is 7.05 Å². The average Bonchev–Trinajstić information content (AvgIpc) is 2.44. The molecule has 0 aliphatic rings. The largest absolute Gasteiger partial charge is 0.417 e. The number of benzene rings is 2. The van der Waals surface area contributed by atoms with Crippen LogP contribution in [-0.2, 0) is 19.6 Å². The zero-order chi connectivity index (χ0) is 16.1. The molecule has 1 heterocycles. The summed E-state index contributed by atoms with van der Waals surface area (Å²) in [7, 11) is 1.77. The lowest BCUT2D eigenvalue weighted by molar-refractivity contribution is -0.736. The van der Waals surface area contributed by atoms with E-state index in [9.17, 15) is 13.2 Å². The van der Waals surface area contributed by atoms with Crippen LogP contribution in [0.3, 0.4) is 0 Å². The molecule has 0 aliphatic heterocycles. The Morgan fingerprint density at radius 2 is 1.82 bits per heavy atom. The highest BCUT2D eigenvalue weighted by atomic mass is 19.4. The molecule has 0 amide bonds. The van der Waals surface area contributed by atoms with Crippen LogP contribution in [-0.4, -0.2) is 5.10 Å². The summed E-state index contributed by atoms with van der Waals surface area (Å²) in [4.78, 5) is 0. The van der Waals surface area contributed by atoms with Crippen LogP contribution in [0.5, 0.6) is 0 Å². The third-order valence-corrected chi connectivity index (χ3v) is 4.03. The van der Waals surface area contributed by atoms with E-state index >= 15 is 0 Å². The predicted molar refractivity (Wildman–Crippen MR) is 79.5 cm³/mol. The highest BCUT2D eigenvalue weighted by molar-refractivity contribution is 6.04. The maximum atomic E-state index is 13.7. The summed E-state index contributed by atoms with van der Waals surface area (Å²) in [5.41, 5.74) is 0.616. The molecule has 22 heavy (non-hydrogen) atoms. The topological polar surface area (TPSA) is 16.8 Å². The van der Waals surface area contributed by atoms with Crippen LogP contribution in [0.1, 0.15) is 23.9 Å². The molecule has 0 radical (unpaired) electrons. The fourth-order valence-corrected chi connectivity index (χ4v) is 3.17. The Balaban J connectivity index is 2.66. The van der Waals surface area contributed by atoms with E-state index in [1.807, 2.05) is 13.0 Å². The maximum absolute atomic E-state index is 13.7. The Bertz CT molecular complexity index is 883. The molecule has 0 aliphatic carbocycles. The summed E-state index contributed by atoms with van der Waals surface area (Å²) >= 11 is 0. The Labute approximate surface area is 126 Å². The number of aryl methyl sites for hydroxylation is 3. The molecule has 5 heteroatoms. The second-order valence-electron chi connectivity index (χ2n) is 5.40. The van der Waals surface area contributed by atoms with E-state index in [4.69, 9.17) is 0 Å². The molecule has 2 aromatic carbocycles. The van der Waals surface area contributed by atoms with Crippen LogP contribution in [0.15, 0.2) is 30.3 Å². The second kappa shape index (κ2) is 4.93. The van der Waals surface area contributed by atoms with Gasteiger partial charge >= 0.3 is 6.18 Å². The van der Waals surface area contributed by atoms with Crippen molar-refractivity contribution in [2.45, 2.75) is 26.4 Å². The Kier molecular flexibility index (Phi) is 3.31. The van der Waals surface area contributed by atoms with Crippen molar-refractivity contribution in [1.29, 1.82) is 0 Å². The lowest BCUT2D eigenvalue weighted by Crippen LogP contribution is -2.39. The molecular weight excluding hydrogens is 289 g/mol. The number of fused-ring (bicyclic) bond motifs is 2. The van der Waals surface area contributed by atoms with Gasteiger partial charge in [0.25, 0.3) is 0 Å². The molecule has 2 nitrogen and oxygen atoms in total. The van der Waals surface area contributed by atoms with E-state index in [0.29, 0.717) is 22.9 Å². The molecule has 1 aromatic heterocycles. The van der Waals surface area contributed by atoms with Crippen LogP contribution in [0.25, 0.3) is 21.5 Å². The van der Waals surface area contributed by atoms with Gasteiger partial charge in [-0.2, -0.15) is 13.2 Å². The van der Waals surface area contributed by atoms with Gasteiger partial charge in [0.1, 0.15) is 5.69 Å². The van der Waals surface area contributed by atoms with Gasteiger partial charge < -0.3 is 0 Å². The van der Waals surface area contributed by atoms with Crippen molar-refractivity contribution in [2.24, 2.45) is 7.05 Å². The van der Waals surface area contributed by atoms with Gasteiger partial charge in [-0.05, 0) is 28.9 Å². The highest BCUT2D eigenvalue weighted by Crippen LogP contribution is 2.41. The van der Waals surface area contributed by atoms with E-state index in [1.54, 1.807) is 36.9 Å². The normalized spacial score (nSPS) is 12.3. The van der Waals surface area contributed by atoms with Crippen LogP contribution >= 0.6 is 0 Å². The second-order valence-corrected chi connectivity index (χ2v) is 5.40. The van der Waals surface area contributed by atoms with Crippen molar-refractivity contribution in [3.05, 3.63) is 47.3 Å². The van der Waals surface area contributed by atoms with Gasteiger partial charge in [0.05, 0.1) is 10.9 Å². The number of rotatable bonds is 1. The third-order valence-electron chi connectivity index (χ3n) is 4.03. The number of halogens is 3. The van der Waals surface area contributed by atoms with Crippen LogP contribution in [0.4, 0.5) is 13.2 Å². The van der Waals surface area contributed by atoms with Gasteiger partial charge in [-0.3, -0.25) is 0 Å². The molecule has 0 atom stereocenters. The van der Waals surface area contributed by atoms with E-state index in [-0.39, 0.29) is 10.8 Å². The molecule has 0 N–H and O–H groups in total.